The van der Waals surface area contributed by atoms with Gasteiger partial charge in [-0.25, -0.2) is 9.97 Å². The highest BCUT2D eigenvalue weighted by Crippen LogP contribution is 2.49. The molecule has 4 heteroatoms. The van der Waals surface area contributed by atoms with Gasteiger partial charge in [0.05, 0.1) is 17.4 Å². The van der Waals surface area contributed by atoms with E-state index in [1.807, 2.05) is 18.2 Å². The molecule has 0 spiro atoms. The molecule has 0 N–H and O–H groups in total. The van der Waals surface area contributed by atoms with Crippen molar-refractivity contribution in [2.75, 3.05) is 0 Å². The van der Waals surface area contributed by atoms with E-state index in [9.17, 15) is 4.79 Å². The molecule has 1 saturated carbocycles. The van der Waals surface area contributed by atoms with E-state index in [-0.39, 0.29) is 11.1 Å². The molecule has 1 fully saturated rings. The molecule has 21 heavy (non-hydrogen) atoms. The Morgan fingerprint density at radius 3 is 2.67 bits per heavy atom. The normalized spacial score (nSPS) is 16.0. The van der Waals surface area contributed by atoms with Crippen molar-refractivity contribution in [3.63, 3.8) is 0 Å². The summed E-state index contributed by atoms with van der Waals surface area (Å²) >= 11 is 0. The van der Waals surface area contributed by atoms with E-state index in [0.717, 1.165) is 12.8 Å². The van der Waals surface area contributed by atoms with Crippen molar-refractivity contribution in [2.24, 2.45) is 0 Å². The lowest BCUT2D eigenvalue weighted by molar-refractivity contribution is 0.544. The first kappa shape index (κ1) is 12.3. The molecule has 0 aliphatic heterocycles. The minimum absolute atomic E-state index is 0.0543. The molecule has 0 amide bonds. The third-order valence-electron chi connectivity index (χ3n) is 4.35. The first-order chi connectivity index (χ1) is 10.2. The Balaban J connectivity index is 1.97. The summed E-state index contributed by atoms with van der Waals surface area (Å²) in [6.07, 6.45) is 5.25. The van der Waals surface area contributed by atoms with Gasteiger partial charge in [-0.05, 0) is 43.0 Å². The Kier molecular flexibility index (Phi) is 2.48. The van der Waals surface area contributed by atoms with Gasteiger partial charge in [-0.1, -0.05) is 24.3 Å². The van der Waals surface area contributed by atoms with Crippen LogP contribution < -0.4 is 5.56 Å². The zero-order chi connectivity index (χ0) is 14.4. The van der Waals surface area contributed by atoms with Crippen molar-refractivity contribution in [3.8, 4) is 0 Å². The van der Waals surface area contributed by atoms with E-state index in [1.165, 1.54) is 11.1 Å². The van der Waals surface area contributed by atoms with Gasteiger partial charge in [0.15, 0.2) is 5.52 Å². The maximum atomic E-state index is 12.8. The minimum Gasteiger partial charge on any atom is -0.287 e. The van der Waals surface area contributed by atoms with Crippen molar-refractivity contribution < 1.29 is 0 Å². The maximum absolute atomic E-state index is 12.8. The average molecular weight is 277 g/mol. The van der Waals surface area contributed by atoms with Crippen LogP contribution in [-0.2, 0) is 5.54 Å². The Bertz CT molecular complexity index is 894. The third-order valence-corrected chi connectivity index (χ3v) is 4.35. The molecule has 1 aliphatic carbocycles. The van der Waals surface area contributed by atoms with Crippen LogP contribution in [0.5, 0.6) is 0 Å². The molecule has 0 saturated heterocycles. The van der Waals surface area contributed by atoms with Crippen LogP contribution in [0.4, 0.5) is 0 Å². The van der Waals surface area contributed by atoms with Gasteiger partial charge in [0.2, 0.25) is 0 Å². The summed E-state index contributed by atoms with van der Waals surface area (Å²) < 4.78 is 1.77. The van der Waals surface area contributed by atoms with Crippen LogP contribution in [0.25, 0.3) is 11.0 Å². The van der Waals surface area contributed by atoms with Crippen LogP contribution in [0.3, 0.4) is 0 Å². The van der Waals surface area contributed by atoms with Gasteiger partial charge in [-0.15, -0.1) is 0 Å². The quantitative estimate of drug-likeness (QED) is 0.723. The van der Waals surface area contributed by atoms with Crippen LogP contribution in [0.15, 0.2) is 53.7 Å². The number of pyridine rings is 1. The molecule has 0 radical (unpaired) electrons. The molecule has 0 atom stereocenters. The zero-order valence-electron chi connectivity index (χ0n) is 11.8. The molecule has 2 heterocycles. The number of aryl methyl sites for hydroxylation is 1. The number of rotatable bonds is 2. The number of hydrogen-bond acceptors (Lipinski definition) is 3. The summed E-state index contributed by atoms with van der Waals surface area (Å²) in [5.74, 6) is 0. The second kappa shape index (κ2) is 4.25. The van der Waals surface area contributed by atoms with Gasteiger partial charge in [-0.3, -0.25) is 9.36 Å². The highest BCUT2D eigenvalue weighted by Gasteiger charge is 2.48. The molecule has 3 aromatic rings. The topological polar surface area (TPSA) is 47.8 Å². The lowest BCUT2D eigenvalue weighted by Crippen LogP contribution is -2.32. The van der Waals surface area contributed by atoms with Crippen LogP contribution >= 0.6 is 0 Å². The molecule has 104 valence electrons. The van der Waals surface area contributed by atoms with Crippen LogP contribution in [0, 0.1) is 6.92 Å². The molecule has 0 bridgehead atoms. The largest absolute Gasteiger partial charge is 0.287 e. The molecule has 4 rings (SSSR count). The number of hydrogen-bond donors (Lipinski definition) is 0. The number of benzene rings is 1. The predicted octanol–water partition coefficient (Wildman–Crippen LogP) is 2.64. The van der Waals surface area contributed by atoms with Gasteiger partial charge in [0.25, 0.3) is 5.56 Å². The molecule has 1 aliphatic rings. The summed E-state index contributed by atoms with van der Waals surface area (Å²) in [6, 6.07) is 11.9. The van der Waals surface area contributed by atoms with Crippen LogP contribution in [-0.4, -0.2) is 14.5 Å². The first-order valence-corrected chi connectivity index (χ1v) is 7.11. The van der Waals surface area contributed by atoms with Crippen molar-refractivity contribution in [1.29, 1.82) is 0 Å². The molecule has 2 aromatic heterocycles. The van der Waals surface area contributed by atoms with E-state index in [0.29, 0.717) is 11.0 Å². The van der Waals surface area contributed by atoms with E-state index in [2.05, 4.69) is 29.0 Å². The van der Waals surface area contributed by atoms with Crippen LogP contribution in [0.1, 0.15) is 24.0 Å². The van der Waals surface area contributed by atoms with E-state index < -0.39 is 0 Å². The SMILES string of the molecule is Cc1ccccc1C1(n2cnc3cccnc3c2=O)CC1. The highest BCUT2D eigenvalue weighted by molar-refractivity contribution is 5.72. The Hall–Kier alpha value is -2.49. The fraction of sp³-hybridized carbons (Fsp3) is 0.235. The number of fused-ring (bicyclic) bond motifs is 1. The maximum Gasteiger partial charge on any atom is 0.280 e. The van der Waals surface area contributed by atoms with Crippen molar-refractivity contribution in [2.45, 2.75) is 25.3 Å². The van der Waals surface area contributed by atoms with E-state index >= 15 is 0 Å². The van der Waals surface area contributed by atoms with Gasteiger partial charge < -0.3 is 0 Å². The van der Waals surface area contributed by atoms with Gasteiger partial charge >= 0.3 is 0 Å². The molecule has 4 nitrogen and oxygen atoms in total. The lowest BCUT2D eigenvalue weighted by Gasteiger charge is -2.21. The van der Waals surface area contributed by atoms with Crippen LogP contribution in [0.2, 0.25) is 0 Å². The lowest BCUT2D eigenvalue weighted by atomic mass is 9.99. The number of nitrogens with zero attached hydrogens (tertiary/aromatic N) is 3. The van der Waals surface area contributed by atoms with Crippen molar-refractivity contribution in [1.82, 2.24) is 14.5 Å². The zero-order valence-corrected chi connectivity index (χ0v) is 11.8. The molecule has 0 unspecified atom stereocenters. The fourth-order valence-corrected chi connectivity index (χ4v) is 3.11. The standard InChI is InChI=1S/C17H15N3O/c1-12-5-2-3-6-13(12)17(8-9-17)20-11-19-14-7-4-10-18-15(14)16(20)21/h2-7,10-11H,8-9H2,1H3. The molecular weight excluding hydrogens is 262 g/mol. The summed E-state index contributed by atoms with van der Waals surface area (Å²) in [4.78, 5) is 21.4. The molecular formula is C17H15N3O. The van der Waals surface area contributed by atoms with E-state index in [4.69, 9.17) is 0 Å². The summed E-state index contributed by atoms with van der Waals surface area (Å²) in [5.41, 5.74) is 3.23. The Morgan fingerprint density at radius 1 is 1.10 bits per heavy atom. The first-order valence-electron chi connectivity index (χ1n) is 7.11. The smallest absolute Gasteiger partial charge is 0.280 e. The third kappa shape index (κ3) is 1.72. The van der Waals surface area contributed by atoms with Gasteiger partial charge in [-0.2, -0.15) is 0 Å². The summed E-state index contributed by atoms with van der Waals surface area (Å²) in [5, 5.41) is 0. The molecule has 1 aromatic carbocycles. The summed E-state index contributed by atoms with van der Waals surface area (Å²) in [6.45, 7) is 2.09. The minimum atomic E-state index is -0.235. The van der Waals surface area contributed by atoms with E-state index in [1.54, 1.807) is 23.2 Å². The predicted molar refractivity (Wildman–Crippen MR) is 81.3 cm³/mol. The van der Waals surface area contributed by atoms with Gasteiger partial charge in [0, 0.05) is 6.20 Å². The fourth-order valence-electron chi connectivity index (χ4n) is 3.11. The second-order valence-electron chi connectivity index (χ2n) is 5.64. The van der Waals surface area contributed by atoms with Gasteiger partial charge in [0.1, 0.15) is 0 Å². The Morgan fingerprint density at radius 2 is 1.90 bits per heavy atom. The average Bonchev–Trinajstić information content (AvgIpc) is 3.30. The Labute approximate surface area is 122 Å². The van der Waals surface area contributed by atoms with Crippen molar-refractivity contribution in [3.05, 3.63) is 70.4 Å². The second-order valence-corrected chi connectivity index (χ2v) is 5.64. The highest BCUT2D eigenvalue weighted by atomic mass is 16.1. The summed E-state index contributed by atoms with van der Waals surface area (Å²) in [7, 11) is 0. The van der Waals surface area contributed by atoms with Crippen molar-refractivity contribution >= 4 is 11.0 Å². The number of aromatic nitrogens is 3. The monoisotopic (exact) mass is 277 g/mol.